The zero-order valence-electron chi connectivity index (χ0n) is 17.2. The molecular formula is C23H32N4O. The van der Waals surface area contributed by atoms with E-state index in [0.717, 1.165) is 32.0 Å². The van der Waals surface area contributed by atoms with Crippen LogP contribution in [-0.2, 0) is 24.4 Å². The molecule has 0 radical (unpaired) electrons. The summed E-state index contributed by atoms with van der Waals surface area (Å²) in [5, 5.41) is 7.04. The van der Waals surface area contributed by atoms with Gasteiger partial charge in [0.15, 0.2) is 5.96 Å². The predicted octanol–water partition coefficient (Wildman–Crippen LogP) is 3.16. The fraction of sp³-hybridized carbons (Fsp3) is 0.435. The van der Waals surface area contributed by atoms with Crippen molar-refractivity contribution in [3.05, 3.63) is 71.3 Å². The number of nitrogens with one attached hydrogen (secondary N) is 2. The normalized spacial score (nSPS) is 20.3. The number of nitrogens with zero attached hydrogens (tertiary/aromatic N) is 2. The number of hydrogen-bond acceptors (Lipinski definition) is 3. The minimum Gasteiger partial charge on any atom is -0.380 e. The molecule has 2 aromatic rings. The summed E-state index contributed by atoms with van der Waals surface area (Å²) in [4.78, 5) is 6.95. The van der Waals surface area contributed by atoms with Crippen LogP contribution in [0.2, 0.25) is 0 Å². The van der Waals surface area contributed by atoms with E-state index in [1.165, 1.54) is 16.7 Å². The van der Waals surface area contributed by atoms with Gasteiger partial charge < -0.3 is 15.4 Å². The fourth-order valence-corrected chi connectivity index (χ4v) is 3.81. The van der Waals surface area contributed by atoms with E-state index in [-0.39, 0.29) is 0 Å². The maximum Gasteiger partial charge on any atom is 0.191 e. The monoisotopic (exact) mass is 380 g/mol. The summed E-state index contributed by atoms with van der Waals surface area (Å²) in [5.74, 6) is 0.857. The van der Waals surface area contributed by atoms with Crippen LogP contribution in [0.3, 0.4) is 0 Å². The van der Waals surface area contributed by atoms with Crippen molar-refractivity contribution in [2.45, 2.75) is 45.1 Å². The van der Waals surface area contributed by atoms with Crippen LogP contribution in [0.4, 0.5) is 0 Å². The summed E-state index contributed by atoms with van der Waals surface area (Å²) >= 11 is 0. The Balaban J connectivity index is 1.50. The number of hydrogen-bond donors (Lipinski definition) is 2. The van der Waals surface area contributed by atoms with Gasteiger partial charge in [-0.2, -0.15) is 0 Å². The predicted molar refractivity (Wildman–Crippen MR) is 115 cm³/mol. The van der Waals surface area contributed by atoms with Crippen LogP contribution < -0.4 is 10.6 Å². The van der Waals surface area contributed by atoms with Crippen molar-refractivity contribution in [3.63, 3.8) is 0 Å². The van der Waals surface area contributed by atoms with Crippen molar-refractivity contribution in [1.82, 2.24) is 15.5 Å². The number of likely N-dealkylation sites (tertiary alicyclic amines) is 1. The largest absolute Gasteiger partial charge is 0.380 e. The highest BCUT2D eigenvalue weighted by Gasteiger charge is 2.29. The molecule has 150 valence electrons. The third-order valence-electron chi connectivity index (χ3n) is 5.26. The molecule has 0 spiro atoms. The third kappa shape index (κ3) is 5.81. The minimum absolute atomic E-state index is 0.407. The lowest BCUT2D eigenvalue weighted by atomic mass is 10.1. The van der Waals surface area contributed by atoms with Crippen LogP contribution in [0.5, 0.6) is 0 Å². The van der Waals surface area contributed by atoms with Gasteiger partial charge in [0.05, 0.1) is 6.61 Å². The van der Waals surface area contributed by atoms with Gasteiger partial charge in [-0.3, -0.25) is 9.89 Å². The highest BCUT2D eigenvalue weighted by molar-refractivity contribution is 5.80. The van der Waals surface area contributed by atoms with Gasteiger partial charge in [0.2, 0.25) is 0 Å². The molecule has 0 aliphatic carbocycles. The number of benzene rings is 2. The van der Waals surface area contributed by atoms with Crippen LogP contribution in [0.25, 0.3) is 0 Å². The first kappa shape index (κ1) is 20.4. The van der Waals surface area contributed by atoms with Gasteiger partial charge in [-0.15, -0.1) is 0 Å². The molecule has 1 fully saturated rings. The van der Waals surface area contributed by atoms with Gasteiger partial charge in [-0.05, 0) is 30.0 Å². The molecule has 1 saturated heterocycles. The zero-order valence-corrected chi connectivity index (χ0v) is 17.2. The Morgan fingerprint density at radius 1 is 1.11 bits per heavy atom. The lowest BCUT2D eigenvalue weighted by Crippen LogP contribution is -2.44. The lowest BCUT2D eigenvalue weighted by Gasteiger charge is -2.21. The highest BCUT2D eigenvalue weighted by Crippen LogP contribution is 2.20. The summed E-state index contributed by atoms with van der Waals surface area (Å²) < 4.78 is 5.22. The Morgan fingerprint density at radius 3 is 2.61 bits per heavy atom. The van der Waals surface area contributed by atoms with E-state index in [0.29, 0.717) is 18.7 Å². The quantitative estimate of drug-likeness (QED) is 0.572. The van der Waals surface area contributed by atoms with E-state index in [9.17, 15) is 0 Å². The molecule has 0 amide bonds. The minimum atomic E-state index is 0.407. The highest BCUT2D eigenvalue weighted by atomic mass is 16.5. The summed E-state index contributed by atoms with van der Waals surface area (Å²) in [7, 11) is 3.55. The SMILES string of the molecule is CN=C(NCc1cccc(COC)c1)NC1CC(C)N(Cc2ccccc2)C1. The van der Waals surface area contributed by atoms with Crippen LogP contribution in [0.1, 0.15) is 30.0 Å². The molecule has 2 unspecified atom stereocenters. The van der Waals surface area contributed by atoms with Crippen molar-refractivity contribution in [3.8, 4) is 0 Å². The Hall–Kier alpha value is -2.37. The van der Waals surface area contributed by atoms with Gasteiger partial charge in [0, 0.05) is 45.9 Å². The van der Waals surface area contributed by atoms with Crippen molar-refractivity contribution in [2.24, 2.45) is 4.99 Å². The second kappa shape index (κ2) is 10.2. The molecule has 0 saturated carbocycles. The summed E-state index contributed by atoms with van der Waals surface area (Å²) in [6.07, 6.45) is 1.12. The Kier molecular flexibility index (Phi) is 7.46. The zero-order chi connectivity index (χ0) is 19.8. The molecule has 5 nitrogen and oxygen atoms in total. The molecule has 3 rings (SSSR count). The molecule has 0 aromatic heterocycles. The average molecular weight is 381 g/mol. The number of ether oxygens (including phenoxy) is 1. The maximum atomic E-state index is 5.22. The van der Waals surface area contributed by atoms with Gasteiger partial charge in [-0.1, -0.05) is 54.6 Å². The summed E-state index contributed by atoms with van der Waals surface area (Å²) in [5.41, 5.74) is 3.78. The van der Waals surface area contributed by atoms with Crippen LogP contribution in [0, 0.1) is 0 Å². The smallest absolute Gasteiger partial charge is 0.191 e. The topological polar surface area (TPSA) is 48.9 Å². The van der Waals surface area contributed by atoms with Crippen LogP contribution >= 0.6 is 0 Å². The number of rotatable bonds is 7. The van der Waals surface area contributed by atoms with Gasteiger partial charge >= 0.3 is 0 Å². The van der Waals surface area contributed by atoms with Crippen molar-refractivity contribution >= 4 is 5.96 Å². The van der Waals surface area contributed by atoms with E-state index in [1.54, 1.807) is 7.11 Å². The van der Waals surface area contributed by atoms with E-state index in [4.69, 9.17) is 4.74 Å². The Bertz CT molecular complexity index is 762. The second-order valence-corrected chi connectivity index (χ2v) is 7.52. The molecule has 2 atom stereocenters. The van der Waals surface area contributed by atoms with Crippen molar-refractivity contribution in [1.29, 1.82) is 0 Å². The fourth-order valence-electron chi connectivity index (χ4n) is 3.81. The molecule has 5 heteroatoms. The standard InChI is InChI=1S/C23H32N4O/c1-18-12-22(16-27(18)15-19-8-5-4-6-9-19)26-23(24-2)25-14-20-10-7-11-21(13-20)17-28-3/h4-11,13,18,22H,12,14-17H2,1-3H3,(H2,24,25,26). The molecule has 1 aliphatic rings. The molecular weight excluding hydrogens is 348 g/mol. The molecule has 2 N–H and O–H groups in total. The maximum absolute atomic E-state index is 5.22. The Morgan fingerprint density at radius 2 is 1.86 bits per heavy atom. The molecule has 28 heavy (non-hydrogen) atoms. The second-order valence-electron chi connectivity index (χ2n) is 7.52. The molecule has 1 heterocycles. The van der Waals surface area contributed by atoms with Gasteiger partial charge in [0.25, 0.3) is 0 Å². The first-order valence-corrected chi connectivity index (χ1v) is 10.00. The molecule has 0 bridgehead atoms. The van der Waals surface area contributed by atoms with E-state index < -0.39 is 0 Å². The van der Waals surface area contributed by atoms with E-state index >= 15 is 0 Å². The van der Waals surface area contributed by atoms with E-state index in [1.807, 2.05) is 7.05 Å². The number of guanidine groups is 1. The average Bonchev–Trinajstić information content (AvgIpc) is 3.05. The van der Waals surface area contributed by atoms with E-state index in [2.05, 4.69) is 82.0 Å². The van der Waals surface area contributed by atoms with Crippen LogP contribution in [0.15, 0.2) is 59.6 Å². The summed E-state index contributed by atoms with van der Waals surface area (Å²) in [6, 6.07) is 20.1. The lowest BCUT2D eigenvalue weighted by molar-refractivity contribution is 0.185. The number of aliphatic imine (C=N–C) groups is 1. The Labute approximate surface area is 168 Å². The summed E-state index contributed by atoms with van der Waals surface area (Å²) in [6.45, 7) is 5.71. The van der Waals surface area contributed by atoms with Gasteiger partial charge in [-0.25, -0.2) is 0 Å². The molecule has 1 aliphatic heterocycles. The van der Waals surface area contributed by atoms with Crippen LogP contribution in [-0.4, -0.2) is 43.6 Å². The van der Waals surface area contributed by atoms with Crippen molar-refractivity contribution in [2.75, 3.05) is 20.7 Å². The number of methoxy groups -OCH3 is 1. The van der Waals surface area contributed by atoms with Crippen molar-refractivity contribution < 1.29 is 4.74 Å². The third-order valence-corrected chi connectivity index (χ3v) is 5.26. The van der Waals surface area contributed by atoms with Gasteiger partial charge in [0.1, 0.15) is 0 Å². The first-order chi connectivity index (χ1) is 13.7. The first-order valence-electron chi connectivity index (χ1n) is 10.00. The molecule has 2 aromatic carbocycles.